The second-order valence-electron chi connectivity index (χ2n) is 10.2. The fourth-order valence-corrected chi connectivity index (χ4v) is 6.36. The molecule has 1 aromatic carbocycles. The highest BCUT2D eigenvalue weighted by atomic mass is 32.2. The quantitative estimate of drug-likeness (QED) is 0.433. The number of hydrogen-bond donors (Lipinski definition) is 3. The lowest BCUT2D eigenvalue weighted by atomic mass is 9.93. The Kier molecular flexibility index (Phi) is 6.09. The third-order valence-corrected chi connectivity index (χ3v) is 9.12. The van der Waals surface area contributed by atoms with Gasteiger partial charge in [0, 0.05) is 36.9 Å². The SMILES string of the molecule is O=C(Nc1nccc2c1cc1n2CCOC1)c1ccc(NS(=O)(=O)CCO)cc1N1CCC2(CC1)CC2. The molecule has 37 heavy (non-hydrogen) atoms. The topological polar surface area (TPSA) is 126 Å². The van der Waals surface area contributed by atoms with E-state index in [2.05, 4.69) is 24.5 Å². The van der Waals surface area contributed by atoms with E-state index in [1.807, 2.05) is 12.1 Å². The Bertz CT molecular complexity index is 1450. The number of aliphatic hydroxyl groups excluding tert-OH is 1. The van der Waals surface area contributed by atoms with Gasteiger partial charge in [-0.1, -0.05) is 0 Å². The van der Waals surface area contributed by atoms with Crippen molar-refractivity contribution in [2.24, 2.45) is 5.41 Å². The highest BCUT2D eigenvalue weighted by molar-refractivity contribution is 7.92. The molecule has 6 rings (SSSR count). The van der Waals surface area contributed by atoms with E-state index in [0.717, 1.165) is 49.1 Å². The van der Waals surface area contributed by atoms with Gasteiger partial charge in [-0.2, -0.15) is 0 Å². The van der Waals surface area contributed by atoms with Crippen molar-refractivity contribution in [1.29, 1.82) is 0 Å². The Balaban J connectivity index is 1.32. The van der Waals surface area contributed by atoms with Crippen molar-refractivity contribution in [3.05, 3.63) is 47.8 Å². The molecule has 1 spiro atoms. The summed E-state index contributed by atoms with van der Waals surface area (Å²) >= 11 is 0. The Hall–Kier alpha value is -3.15. The Labute approximate surface area is 215 Å². The number of carbonyl (C=O) groups is 1. The monoisotopic (exact) mass is 525 g/mol. The van der Waals surface area contributed by atoms with Gasteiger partial charge in [-0.05, 0) is 61.4 Å². The van der Waals surface area contributed by atoms with Crippen LogP contribution in [0.3, 0.4) is 0 Å². The number of aromatic nitrogens is 2. The predicted molar refractivity (Wildman–Crippen MR) is 141 cm³/mol. The number of piperidine rings is 1. The average Bonchev–Trinajstić information content (AvgIpc) is 3.52. The molecule has 196 valence electrons. The molecule has 0 unspecified atom stereocenters. The zero-order valence-electron chi connectivity index (χ0n) is 20.6. The summed E-state index contributed by atoms with van der Waals surface area (Å²) < 4.78 is 34.8. The van der Waals surface area contributed by atoms with Gasteiger partial charge < -0.3 is 24.6 Å². The minimum Gasteiger partial charge on any atom is -0.395 e. The maximum atomic E-state index is 13.6. The lowest BCUT2D eigenvalue weighted by molar-refractivity contribution is 0.0865. The van der Waals surface area contributed by atoms with Gasteiger partial charge in [-0.15, -0.1) is 0 Å². The van der Waals surface area contributed by atoms with E-state index in [0.29, 0.717) is 41.4 Å². The van der Waals surface area contributed by atoms with Gasteiger partial charge in [0.2, 0.25) is 10.0 Å². The largest absolute Gasteiger partial charge is 0.395 e. The zero-order chi connectivity index (χ0) is 25.6. The van der Waals surface area contributed by atoms with E-state index in [1.54, 1.807) is 24.4 Å². The Morgan fingerprint density at radius 1 is 1.11 bits per heavy atom. The highest BCUT2D eigenvalue weighted by Gasteiger charge is 2.44. The van der Waals surface area contributed by atoms with Gasteiger partial charge in [-0.3, -0.25) is 9.52 Å². The Morgan fingerprint density at radius 3 is 2.68 bits per heavy atom. The molecule has 1 saturated heterocycles. The van der Waals surface area contributed by atoms with Crippen LogP contribution in [0.1, 0.15) is 41.7 Å². The number of sulfonamides is 1. The van der Waals surface area contributed by atoms with Crippen LogP contribution >= 0.6 is 0 Å². The van der Waals surface area contributed by atoms with E-state index in [4.69, 9.17) is 9.84 Å². The van der Waals surface area contributed by atoms with Gasteiger partial charge in [0.15, 0.2) is 0 Å². The van der Waals surface area contributed by atoms with Gasteiger partial charge in [0.25, 0.3) is 5.91 Å². The lowest BCUT2D eigenvalue weighted by Crippen LogP contribution is -2.35. The molecule has 0 atom stereocenters. The van der Waals surface area contributed by atoms with Crippen molar-refractivity contribution in [1.82, 2.24) is 9.55 Å². The molecule has 4 heterocycles. The van der Waals surface area contributed by atoms with Gasteiger partial charge in [-0.25, -0.2) is 13.4 Å². The number of anilines is 3. The molecular formula is C26H31N5O5S. The summed E-state index contributed by atoms with van der Waals surface area (Å²) in [7, 11) is -3.69. The summed E-state index contributed by atoms with van der Waals surface area (Å²) in [4.78, 5) is 20.3. The zero-order valence-corrected chi connectivity index (χ0v) is 21.4. The third kappa shape index (κ3) is 4.78. The number of benzene rings is 1. The fourth-order valence-electron chi connectivity index (χ4n) is 5.53. The van der Waals surface area contributed by atoms with Crippen molar-refractivity contribution in [2.75, 3.05) is 47.0 Å². The van der Waals surface area contributed by atoms with Crippen molar-refractivity contribution in [3.8, 4) is 0 Å². The second kappa shape index (κ2) is 9.30. The summed E-state index contributed by atoms with van der Waals surface area (Å²) in [5.74, 6) is -0.204. The number of fused-ring (bicyclic) bond motifs is 3. The first-order chi connectivity index (χ1) is 17.9. The molecule has 2 aromatic heterocycles. The van der Waals surface area contributed by atoms with Crippen molar-refractivity contribution >= 4 is 44.0 Å². The predicted octanol–water partition coefficient (Wildman–Crippen LogP) is 2.93. The van der Waals surface area contributed by atoms with Crippen molar-refractivity contribution in [2.45, 2.75) is 38.8 Å². The number of nitrogens with one attached hydrogen (secondary N) is 2. The number of carbonyl (C=O) groups excluding carboxylic acids is 1. The number of aliphatic hydroxyl groups is 1. The molecule has 0 radical (unpaired) electrons. The van der Waals surface area contributed by atoms with Gasteiger partial charge in [0.05, 0.1) is 48.0 Å². The molecule has 2 fully saturated rings. The molecule has 3 aliphatic rings. The first-order valence-electron chi connectivity index (χ1n) is 12.7. The van der Waals surface area contributed by atoms with Gasteiger partial charge >= 0.3 is 0 Å². The molecule has 2 aliphatic heterocycles. The normalized spacial score (nSPS) is 18.6. The minimum atomic E-state index is -3.69. The molecule has 3 N–H and O–H groups in total. The number of amides is 1. The first kappa shape index (κ1) is 24.2. The van der Waals surface area contributed by atoms with E-state index in [1.165, 1.54) is 12.8 Å². The number of pyridine rings is 1. The highest BCUT2D eigenvalue weighted by Crippen LogP contribution is 2.54. The van der Waals surface area contributed by atoms with Crippen LogP contribution in [0.4, 0.5) is 17.2 Å². The number of rotatable bonds is 7. The van der Waals surface area contributed by atoms with Crippen LogP contribution in [-0.2, 0) is 27.9 Å². The van der Waals surface area contributed by atoms with E-state index in [9.17, 15) is 13.2 Å². The van der Waals surface area contributed by atoms with E-state index >= 15 is 0 Å². The van der Waals surface area contributed by atoms with Crippen molar-refractivity contribution < 1.29 is 23.1 Å². The Morgan fingerprint density at radius 2 is 1.92 bits per heavy atom. The third-order valence-electron chi connectivity index (χ3n) is 7.85. The molecule has 1 amide bonds. The summed E-state index contributed by atoms with van der Waals surface area (Å²) in [5, 5.41) is 12.9. The molecule has 1 saturated carbocycles. The summed E-state index contributed by atoms with van der Waals surface area (Å²) in [6, 6.07) is 8.91. The first-order valence-corrected chi connectivity index (χ1v) is 14.4. The summed E-state index contributed by atoms with van der Waals surface area (Å²) in [6.07, 6.45) is 6.34. The second-order valence-corrected chi connectivity index (χ2v) is 12.1. The maximum absolute atomic E-state index is 13.6. The fraction of sp³-hybridized carbons (Fsp3) is 0.462. The van der Waals surface area contributed by atoms with Crippen LogP contribution in [0.2, 0.25) is 0 Å². The van der Waals surface area contributed by atoms with E-state index in [-0.39, 0.29) is 11.7 Å². The summed E-state index contributed by atoms with van der Waals surface area (Å²) in [6.45, 7) is 3.09. The average molecular weight is 526 g/mol. The molecule has 11 heteroatoms. The van der Waals surface area contributed by atoms with Crippen molar-refractivity contribution in [3.63, 3.8) is 0 Å². The molecule has 0 bridgehead atoms. The van der Waals surface area contributed by atoms with E-state index < -0.39 is 16.6 Å². The molecular weight excluding hydrogens is 494 g/mol. The number of nitrogens with zero attached hydrogens (tertiary/aromatic N) is 3. The van der Waals surface area contributed by atoms with Crippen LogP contribution in [0.15, 0.2) is 36.5 Å². The standard InChI is InChI=1S/C26H31N5O5S/c32-12-14-37(34,35)29-18-1-2-20(23(15-18)30-9-6-26(4-5-26)7-10-30)25(33)28-24-21-16-19-17-36-13-11-31(19)22(21)3-8-27-24/h1-3,8,15-16,29,32H,4-7,9-14,17H2,(H,27,28,33). The van der Waals surface area contributed by atoms with Crippen LogP contribution in [-0.4, -0.2) is 61.0 Å². The van der Waals surface area contributed by atoms with Gasteiger partial charge in [0.1, 0.15) is 5.82 Å². The smallest absolute Gasteiger partial charge is 0.258 e. The number of hydrogen-bond acceptors (Lipinski definition) is 7. The molecule has 10 nitrogen and oxygen atoms in total. The number of ether oxygens (including phenoxy) is 1. The van der Waals surface area contributed by atoms with Crippen LogP contribution < -0.4 is 14.9 Å². The molecule has 3 aromatic rings. The molecule has 1 aliphatic carbocycles. The van der Waals surface area contributed by atoms with Crippen LogP contribution in [0, 0.1) is 5.41 Å². The maximum Gasteiger partial charge on any atom is 0.258 e. The van der Waals surface area contributed by atoms with Crippen LogP contribution in [0.5, 0.6) is 0 Å². The summed E-state index contributed by atoms with van der Waals surface area (Å²) in [5.41, 5.74) is 4.02. The van der Waals surface area contributed by atoms with Crippen LogP contribution in [0.25, 0.3) is 10.9 Å². The lowest BCUT2D eigenvalue weighted by Gasteiger charge is -2.35. The minimum absolute atomic E-state index is 0.299.